The van der Waals surface area contributed by atoms with Crippen molar-refractivity contribution in [2.45, 2.75) is 25.3 Å². The van der Waals surface area contributed by atoms with Crippen LogP contribution in [0.15, 0.2) is 59.4 Å². The summed E-state index contributed by atoms with van der Waals surface area (Å²) in [5.74, 6) is -1.10. The van der Waals surface area contributed by atoms with Crippen LogP contribution in [0.4, 0.5) is 0 Å². The van der Waals surface area contributed by atoms with Gasteiger partial charge >= 0.3 is 5.97 Å². The number of H-pyrrole nitrogens is 1. The molecular formula is C22H20N2O4. The summed E-state index contributed by atoms with van der Waals surface area (Å²) in [5.41, 5.74) is 2.66. The number of carbonyl (C=O) groups is 2. The molecule has 0 bridgehead atoms. The Morgan fingerprint density at radius 1 is 1.11 bits per heavy atom. The highest BCUT2D eigenvalue weighted by Gasteiger charge is 2.22. The Bertz CT molecular complexity index is 1100. The van der Waals surface area contributed by atoms with Gasteiger partial charge in [0, 0.05) is 17.0 Å². The second-order valence-electron chi connectivity index (χ2n) is 6.88. The number of aryl methyl sites for hydroxylation is 1. The molecule has 6 heteroatoms. The number of aromatic nitrogens is 1. The minimum atomic E-state index is -0.734. The molecule has 1 aliphatic carbocycles. The lowest BCUT2D eigenvalue weighted by molar-refractivity contribution is -0.125. The lowest BCUT2D eigenvalue weighted by Gasteiger charge is -2.26. The number of aromatic amines is 1. The van der Waals surface area contributed by atoms with Crippen molar-refractivity contribution in [3.05, 3.63) is 81.6 Å². The van der Waals surface area contributed by atoms with Crippen LogP contribution in [0.3, 0.4) is 0 Å². The van der Waals surface area contributed by atoms with Gasteiger partial charge in [0.15, 0.2) is 12.0 Å². The number of hydrogen-bond donors (Lipinski definition) is 2. The molecule has 0 fully saturated rings. The molecule has 1 aliphatic rings. The lowest BCUT2D eigenvalue weighted by atomic mass is 9.88. The van der Waals surface area contributed by atoms with Crippen LogP contribution < -0.4 is 10.7 Å². The number of pyridine rings is 1. The zero-order chi connectivity index (χ0) is 19.5. The molecular weight excluding hydrogens is 356 g/mol. The maximum Gasteiger partial charge on any atom is 0.355 e. The molecule has 2 N–H and O–H groups in total. The highest BCUT2D eigenvalue weighted by Crippen LogP contribution is 2.29. The first-order chi connectivity index (χ1) is 13.6. The number of para-hydroxylation sites is 1. The first-order valence-corrected chi connectivity index (χ1v) is 9.28. The molecule has 1 aromatic heterocycles. The zero-order valence-corrected chi connectivity index (χ0v) is 15.2. The topological polar surface area (TPSA) is 88.3 Å². The predicted octanol–water partition coefficient (Wildman–Crippen LogP) is 2.88. The molecule has 1 heterocycles. The van der Waals surface area contributed by atoms with E-state index in [1.807, 2.05) is 18.2 Å². The fourth-order valence-corrected chi connectivity index (χ4v) is 3.66. The Morgan fingerprint density at radius 2 is 1.89 bits per heavy atom. The van der Waals surface area contributed by atoms with Gasteiger partial charge in [-0.15, -0.1) is 0 Å². The molecule has 28 heavy (non-hydrogen) atoms. The van der Waals surface area contributed by atoms with Crippen molar-refractivity contribution in [2.75, 3.05) is 6.61 Å². The van der Waals surface area contributed by atoms with Crippen molar-refractivity contribution in [1.29, 1.82) is 0 Å². The van der Waals surface area contributed by atoms with Crippen molar-refractivity contribution in [2.24, 2.45) is 0 Å². The number of carbonyl (C=O) groups excluding carboxylic acids is 2. The van der Waals surface area contributed by atoms with Crippen LogP contribution in [-0.2, 0) is 16.0 Å². The van der Waals surface area contributed by atoms with E-state index in [9.17, 15) is 14.4 Å². The van der Waals surface area contributed by atoms with E-state index < -0.39 is 12.6 Å². The third-order valence-corrected chi connectivity index (χ3v) is 5.00. The molecule has 142 valence electrons. The van der Waals surface area contributed by atoms with E-state index in [4.69, 9.17) is 4.74 Å². The quantitative estimate of drug-likeness (QED) is 0.686. The van der Waals surface area contributed by atoms with Crippen molar-refractivity contribution in [3.8, 4) is 0 Å². The van der Waals surface area contributed by atoms with Crippen molar-refractivity contribution >= 4 is 22.8 Å². The molecule has 0 radical (unpaired) electrons. The van der Waals surface area contributed by atoms with Gasteiger partial charge in [-0.2, -0.15) is 0 Å². The van der Waals surface area contributed by atoms with E-state index in [2.05, 4.69) is 16.4 Å². The van der Waals surface area contributed by atoms with Gasteiger partial charge in [-0.1, -0.05) is 36.4 Å². The molecule has 2 aromatic carbocycles. The molecule has 4 rings (SSSR count). The molecule has 0 unspecified atom stereocenters. The number of ether oxygens (including phenoxy) is 1. The van der Waals surface area contributed by atoms with E-state index in [0.29, 0.717) is 10.9 Å². The van der Waals surface area contributed by atoms with Crippen LogP contribution in [0.1, 0.15) is 40.5 Å². The van der Waals surface area contributed by atoms with Crippen LogP contribution in [0, 0.1) is 0 Å². The van der Waals surface area contributed by atoms with Crippen molar-refractivity contribution in [3.63, 3.8) is 0 Å². The van der Waals surface area contributed by atoms with Crippen LogP contribution in [0.5, 0.6) is 0 Å². The van der Waals surface area contributed by atoms with Gasteiger partial charge in [0.25, 0.3) is 5.91 Å². The third kappa shape index (κ3) is 3.67. The molecule has 3 aromatic rings. The fourth-order valence-electron chi connectivity index (χ4n) is 3.66. The lowest BCUT2D eigenvalue weighted by Crippen LogP contribution is -2.34. The zero-order valence-electron chi connectivity index (χ0n) is 15.2. The Labute approximate surface area is 161 Å². The van der Waals surface area contributed by atoms with Gasteiger partial charge in [0.05, 0.1) is 6.04 Å². The summed E-state index contributed by atoms with van der Waals surface area (Å²) in [6.45, 7) is -0.396. The first-order valence-electron chi connectivity index (χ1n) is 9.28. The number of benzene rings is 2. The first kappa shape index (κ1) is 18.0. The summed E-state index contributed by atoms with van der Waals surface area (Å²) >= 11 is 0. The Balaban J connectivity index is 1.40. The average Bonchev–Trinajstić information content (AvgIpc) is 2.72. The maximum absolute atomic E-state index is 12.3. The summed E-state index contributed by atoms with van der Waals surface area (Å²) in [7, 11) is 0. The largest absolute Gasteiger partial charge is 0.451 e. The van der Waals surface area contributed by atoms with Crippen LogP contribution in [-0.4, -0.2) is 23.5 Å². The van der Waals surface area contributed by atoms with Crippen LogP contribution >= 0.6 is 0 Å². The second kappa shape index (κ2) is 7.68. The van der Waals surface area contributed by atoms with Gasteiger partial charge in [0.2, 0.25) is 0 Å². The summed E-state index contributed by atoms with van der Waals surface area (Å²) in [5, 5.41) is 3.43. The van der Waals surface area contributed by atoms with Gasteiger partial charge in [0.1, 0.15) is 5.69 Å². The molecule has 0 saturated carbocycles. The van der Waals surface area contributed by atoms with E-state index in [1.54, 1.807) is 24.3 Å². The predicted molar refractivity (Wildman–Crippen MR) is 105 cm³/mol. The highest BCUT2D eigenvalue weighted by atomic mass is 16.5. The van der Waals surface area contributed by atoms with E-state index >= 15 is 0 Å². The highest BCUT2D eigenvalue weighted by molar-refractivity contribution is 5.92. The number of nitrogens with one attached hydrogen (secondary N) is 2. The summed E-state index contributed by atoms with van der Waals surface area (Å²) in [6, 6.07) is 16.1. The molecule has 0 saturated heterocycles. The minimum absolute atomic E-state index is 0.0273. The maximum atomic E-state index is 12.3. The summed E-state index contributed by atoms with van der Waals surface area (Å²) < 4.78 is 5.10. The Morgan fingerprint density at radius 3 is 2.79 bits per heavy atom. The monoisotopic (exact) mass is 376 g/mol. The second-order valence-corrected chi connectivity index (χ2v) is 6.88. The van der Waals surface area contributed by atoms with Gasteiger partial charge in [-0.05, 0) is 42.5 Å². The van der Waals surface area contributed by atoms with Crippen LogP contribution in [0.2, 0.25) is 0 Å². The third-order valence-electron chi connectivity index (χ3n) is 5.00. The van der Waals surface area contributed by atoms with E-state index in [1.165, 1.54) is 11.6 Å². The summed E-state index contributed by atoms with van der Waals surface area (Å²) in [4.78, 5) is 39.5. The van der Waals surface area contributed by atoms with Crippen molar-refractivity contribution < 1.29 is 14.3 Å². The number of esters is 1. The van der Waals surface area contributed by atoms with Gasteiger partial charge in [-0.25, -0.2) is 4.79 Å². The number of fused-ring (bicyclic) bond motifs is 2. The van der Waals surface area contributed by atoms with Crippen molar-refractivity contribution in [1.82, 2.24) is 10.3 Å². The molecule has 0 spiro atoms. The molecule has 6 nitrogen and oxygen atoms in total. The number of rotatable bonds is 4. The molecule has 1 amide bonds. The number of amides is 1. The average molecular weight is 376 g/mol. The Hall–Kier alpha value is -3.41. The van der Waals surface area contributed by atoms with Crippen LogP contribution in [0.25, 0.3) is 10.9 Å². The Kier molecular flexibility index (Phi) is 4.93. The van der Waals surface area contributed by atoms with E-state index in [-0.39, 0.29) is 23.1 Å². The van der Waals surface area contributed by atoms with Gasteiger partial charge < -0.3 is 15.0 Å². The SMILES string of the molecule is O=C(COC(=O)c1cc(=O)c2ccccc2[nH]1)N[C@@H]1CCCc2ccccc21. The normalized spacial score (nSPS) is 15.6. The molecule has 0 aliphatic heterocycles. The number of hydrogen-bond acceptors (Lipinski definition) is 4. The standard InChI is InChI=1S/C22H20N2O4/c25-20-12-19(23-18-10-4-3-9-16(18)20)22(27)28-13-21(26)24-17-11-5-7-14-6-1-2-8-15(14)17/h1-4,6,8-10,12,17H,5,7,11,13H2,(H,23,25)(H,24,26)/t17-/m1/s1. The minimum Gasteiger partial charge on any atom is -0.451 e. The molecule has 1 atom stereocenters. The van der Waals surface area contributed by atoms with E-state index in [0.717, 1.165) is 24.8 Å². The van der Waals surface area contributed by atoms with Gasteiger partial charge in [-0.3, -0.25) is 9.59 Å². The smallest absolute Gasteiger partial charge is 0.355 e. The fraction of sp³-hybridized carbons (Fsp3) is 0.227. The summed E-state index contributed by atoms with van der Waals surface area (Å²) in [6.07, 6.45) is 2.86.